The lowest BCUT2D eigenvalue weighted by Crippen LogP contribution is -2.51. The lowest BCUT2D eigenvalue weighted by Gasteiger charge is -2.37. The van der Waals surface area contributed by atoms with E-state index in [1.807, 2.05) is 12.1 Å². The van der Waals surface area contributed by atoms with Crippen LogP contribution >= 0.6 is 0 Å². The van der Waals surface area contributed by atoms with Crippen LogP contribution in [0.25, 0.3) is 0 Å². The Balaban J connectivity index is 1.43. The van der Waals surface area contributed by atoms with Crippen molar-refractivity contribution in [1.29, 1.82) is 0 Å². The second-order valence-corrected chi connectivity index (χ2v) is 6.85. The van der Waals surface area contributed by atoms with Gasteiger partial charge in [0, 0.05) is 37.9 Å². The number of aryl methyl sites for hydroxylation is 1. The van der Waals surface area contributed by atoms with Crippen LogP contribution in [0, 0.1) is 0 Å². The van der Waals surface area contributed by atoms with E-state index in [0.717, 1.165) is 44.3 Å². The van der Waals surface area contributed by atoms with E-state index in [1.54, 1.807) is 0 Å². The number of carbonyl (C=O) groups excluding carboxylic acids is 1. The number of piperazine rings is 1. The molecule has 1 aliphatic heterocycles. The van der Waals surface area contributed by atoms with E-state index in [1.165, 1.54) is 31.2 Å². The van der Waals surface area contributed by atoms with Crippen molar-refractivity contribution in [2.45, 2.75) is 45.1 Å². The van der Waals surface area contributed by atoms with Gasteiger partial charge in [-0.2, -0.15) is 0 Å². The molecular weight excluding hydrogens is 286 g/mol. The van der Waals surface area contributed by atoms with Gasteiger partial charge in [-0.15, -0.1) is 0 Å². The highest BCUT2D eigenvalue weighted by Crippen LogP contribution is 2.24. The van der Waals surface area contributed by atoms with Crippen molar-refractivity contribution in [1.82, 2.24) is 9.80 Å². The Morgan fingerprint density at radius 3 is 2.61 bits per heavy atom. The monoisotopic (exact) mass is 315 g/mol. The number of nitrogens with one attached hydrogen (secondary N) is 1. The molecule has 4 nitrogen and oxygen atoms in total. The predicted octanol–water partition coefficient (Wildman–Crippen LogP) is 2.75. The SMILES string of the molecule is CCc1cccc(NC(=O)CN2CCN(C3CCCC3)CC2)c1. The average molecular weight is 315 g/mol. The zero-order valence-corrected chi connectivity index (χ0v) is 14.3. The van der Waals surface area contributed by atoms with Gasteiger partial charge in [-0.3, -0.25) is 14.6 Å². The summed E-state index contributed by atoms with van der Waals surface area (Å²) in [4.78, 5) is 17.2. The van der Waals surface area contributed by atoms with Crippen molar-refractivity contribution in [2.75, 3.05) is 38.0 Å². The summed E-state index contributed by atoms with van der Waals surface area (Å²) in [7, 11) is 0. The number of anilines is 1. The molecule has 1 aromatic rings. The van der Waals surface area contributed by atoms with Gasteiger partial charge in [0.15, 0.2) is 0 Å². The van der Waals surface area contributed by atoms with Gasteiger partial charge in [0.25, 0.3) is 0 Å². The summed E-state index contributed by atoms with van der Waals surface area (Å²) in [6.07, 6.45) is 6.52. The third-order valence-electron chi connectivity index (χ3n) is 5.23. The molecule has 1 amide bonds. The maximum atomic E-state index is 12.3. The number of amides is 1. The largest absolute Gasteiger partial charge is 0.325 e. The quantitative estimate of drug-likeness (QED) is 0.907. The van der Waals surface area contributed by atoms with Crippen LogP contribution in [0.4, 0.5) is 5.69 Å². The van der Waals surface area contributed by atoms with Gasteiger partial charge in [-0.25, -0.2) is 0 Å². The second-order valence-electron chi connectivity index (χ2n) is 6.85. The molecule has 4 heteroatoms. The fourth-order valence-electron chi connectivity index (χ4n) is 3.83. The normalized spacial score (nSPS) is 20.7. The number of hydrogen-bond acceptors (Lipinski definition) is 3. The van der Waals surface area contributed by atoms with Crippen molar-refractivity contribution >= 4 is 11.6 Å². The van der Waals surface area contributed by atoms with E-state index in [9.17, 15) is 4.79 Å². The van der Waals surface area contributed by atoms with Gasteiger partial charge in [-0.1, -0.05) is 31.9 Å². The summed E-state index contributed by atoms with van der Waals surface area (Å²) in [6, 6.07) is 8.94. The molecule has 0 aromatic heterocycles. The highest BCUT2D eigenvalue weighted by Gasteiger charge is 2.26. The average Bonchev–Trinajstić information content (AvgIpc) is 3.10. The molecule has 1 saturated heterocycles. The predicted molar refractivity (Wildman–Crippen MR) is 94.7 cm³/mol. The highest BCUT2D eigenvalue weighted by atomic mass is 16.2. The molecule has 0 bridgehead atoms. The van der Waals surface area contributed by atoms with Gasteiger partial charge in [0.05, 0.1) is 6.54 Å². The molecular formula is C19H29N3O. The van der Waals surface area contributed by atoms with E-state index in [4.69, 9.17) is 0 Å². The molecule has 2 aliphatic rings. The van der Waals surface area contributed by atoms with E-state index in [2.05, 4.69) is 34.2 Å². The highest BCUT2D eigenvalue weighted by molar-refractivity contribution is 5.92. The van der Waals surface area contributed by atoms with Crippen LogP contribution in [0.5, 0.6) is 0 Å². The van der Waals surface area contributed by atoms with E-state index in [-0.39, 0.29) is 5.91 Å². The number of carbonyl (C=O) groups is 1. The molecule has 0 atom stereocenters. The van der Waals surface area contributed by atoms with Crippen molar-refractivity contribution < 1.29 is 4.79 Å². The van der Waals surface area contributed by atoms with Crippen LogP contribution in [-0.2, 0) is 11.2 Å². The number of hydrogen-bond donors (Lipinski definition) is 1. The fourth-order valence-corrected chi connectivity index (χ4v) is 3.83. The Hall–Kier alpha value is -1.39. The topological polar surface area (TPSA) is 35.6 Å². The molecule has 1 aliphatic carbocycles. The lowest BCUT2D eigenvalue weighted by atomic mass is 10.1. The molecule has 1 N–H and O–H groups in total. The van der Waals surface area contributed by atoms with Crippen LogP contribution in [0.1, 0.15) is 38.2 Å². The van der Waals surface area contributed by atoms with Crippen molar-refractivity contribution in [3.8, 4) is 0 Å². The number of nitrogens with zero attached hydrogens (tertiary/aromatic N) is 2. The summed E-state index contributed by atoms with van der Waals surface area (Å²) in [6.45, 7) is 6.89. The Morgan fingerprint density at radius 1 is 1.17 bits per heavy atom. The second kappa shape index (κ2) is 7.93. The van der Waals surface area contributed by atoms with Crippen LogP contribution in [-0.4, -0.2) is 54.5 Å². The molecule has 0 spiro atoms. The van der Waals surface area contributed by atoms with Crippen LogP contribution in [0.2, 0.25) is 0 Å². The number of rotatable bonds is 5. The molecule has 1 heterocycles. The van der Waals surface area contributed by atoms with Crippen molar-refractivity contribution in [3.05, 3.63) is 29.8 Å². The summed E-state index contributed by atoms with van der Waals surface area (Å²) in [5, 5.41) is 3.04. The molecule has 0 radical (unpaired) electrons. The van der Waals surface area contributed by atoms with Crippen LogP contribution in [0.3, 0.4) is 0 Å². The standard InChI is InChI=1S/C19H29N3O/c1-2-16-6-5-7-17(14-16)20-19(23)15-21-10-12-22(13-11-21)18-8-3-4-9-18/h5-7,14,18H,2-4,8-13,15H2,1H3,(H,20,23). The first-order valence-electron chi connectivity index (χ1n) is 9.10. The van der Waals surface area contributed by atoms with Gasteiger partial charge < -0.3 is 5.32 Å². The Bertz CT molecular complexity index is 517. The minimum Gasteiger partial charge on any atom is -0.325 e. The molecule has 1 saturated carbocycles. The van der Waals surface area contributed by atoms with Crippen LogP contribution in [0.15, 0.2) is 24.3 Å². The third kappa shape index (κ3) is 4.55. The molecule has 23 heavy (non-hydrogen) atoms. The Kier molecular flexibility index (Phi) is 5.68. The first-order chi connectivity index (χ1) is 11.2. The molecule has 1 aromatic carbocycles. The van der Waals surface area contributed by atoms with Crippen molar-refractivity contribution in [2.24, 2.45) is 0 Å². The van der Waals surface area contributed by atoms with E-state index >= 15 is 0 Å². The summed E-state index contributed by atoms with van der Waals surface area (Å²) < 4.78 is 0. The maximum Gasteiger partial charge on any atom is 0.238 e. The zero-order valence-electron chi connectivity index (χ0n) is 14.3. The van der Waals surface area contributed by atoms with Gasteiger partial charge in [0.2, 0.25) is 5.91 Å². The van der Waals surface area contributed by atoms with E-state index in [0.29, 0.717) is 6.54 Å². The molecule has 3 rings (SSSR count). The Morgan fingerprint density at radius 2 is 1.91 bits per heavy atom. The number of benzene rings is 1. The molecule has 2 fully saturated rings. The fraction of sp³-hybridized carbons (Fsp3) is 0.632. The molecule has 126 valence electrons. The Labute approximate surface area is 139 Å². The minimum atomic E-state index is 0.104. The first-order valence-corrected chi connectivity index (χ1v) is 9.10. The smallest absolute Gasteiger partial charge is 0.238 e. The zero-order chi connectivity index (χ0) is 16.1. The van der Waals surface area contributed by atoms with E-state index < -0.39 is 0 Å². The van der Waals surface area contributed by atoms with Gasteiger partial charge in [-0.05, 0) is 37.0 Å². The first kappa shape index (κ1) is 16.5. The van der Waals surface area contributed by atoms with Crippen molar-refractivity contribution in [3.63, 3.8) is 0 Å². The third-order valence-corrected chi connectivity index (χ3v) is 5.23. The maximum absolute atomic E-state index is 12.3. The minimum absolute atomic E-state index is 0.104. The van der Waals surface area contributed by atoms with Crippen LogP contribution < -0.4 is 5.32 Å². The summed E-state index contributed by atoms with van der Waals surface area (Å²) >= 11 is 0. The van der Waals surface area contributed by atoms with Gasteiger partial charge in [0.1, 0.15) is 0 Å². The molecule has 0 unspecified atom stereocenters. The summed E-state index contributed by atoms with van der Waals surface area (Å²) in [5.74, 6) is 0.104. The lowest BCUT2D eigenvalue weighted by molar-refractivity contribution is -0.117. The summed E-state index contributed by atoms with van der Waals surface area (Å²) in [5.41, 5.74) is 2.17. The van der Waals surface area contributed by atoms with Gasteiger partial charge >= 0.3 is 0 Å².